The van der Waals surface area contributed by atoms with Gasteiger partial charge in [0, 0.05) is 24.2 Å². The van der Waals surface area contributed by atoms with Gasteiger partial charge in [0.1, 0.15) is 12.4 Å². The molecule has 4 aromatic rings. The van der Waals surface area contributed by atoms with E-state index in [-0.39, 0.29) is 6.61 Å². The van der Waals surface area contributed by atoms with Gasteiger partial charge in [0.25, 0.3) is 0 Å². The molecule has 0 amide bonds. The monoisotopic (exact) mass is 526 g/mol. The van der Waals surface area contributed by atoms with Crippen LogP contribution in [0.15, 0.2) is 103 Å². The summed E-state index contributed by atoms with van der Waals surface area (Å²) in [6.07, 6.45) is 5.56. The first-order chi connectivity index (χ1) is 19.1. The van der Waals surface area contributed by atoms with E-state index in [1.54, 1.807) is 6.20 Å². The molecule has 1 saturated heterocycles. The molecule has 0 saturated carbocycles. The molecule has 2 heterocycles. The standard InChI is InChI=1S/C24H26N2O2.C9H12O2/c27-23(12-18-5-2-1-3-6-18)13-19-7-4-8-20(11-19)21-14-24(16-25-15-21)28-17-22-9-10-26-22;10-7-9(11)6-8-4-2-1-3-5-8/h1-8,11,14-16,22-23,26-27H,9-10,12-13,17H2;1-5,9-11H,6-7H2/t22-,23-;9-/m00/s1. The van der Waals surface area contributed by atoms with E-state index in [4.69, 9.17) is 14.9 Å². The molecule has 4 N–H and O–H groups in total. The SMILES string of the molecule is OC[C@@H](O)Cc1ccccc1.O[C@@H](Cc1ccccc1)Cc1cccc(-c2cncc(OC[C@@H]3CCN3)c2)c1. The number of rotatable bonds is 11. The summed E-state index contributed by atoms with van der Waals surface area (Å²) < 4.78 is 5.87. The van der Waals surface area contributed by atoms with Crippen molar-refractivity contribution < 1.29 is 20.1 Å². The van der Waals surface area contributed by atoms with Crippen molar-refractivity contribution in [3.8, 4) is 16.9 Å². The first kappa shape index (κ1) is 28.5. The van der Waals surface area contributed by atoms with Crippen molar-refractivity contribution in [1.82, 2.24) is 10.3 Å². The molecule has 0 unspecified atom stereocenters. The van der Waals surface area contributed by atoms with E-state index in [1.807, 2.05) is 66.9 Å². The summed E-state index contributed by atoms with van der Waals surface area (Å²) in [5.41, 5.74) is 5.43. The molecule has 1 fully saturated rings. The Morgan fingerprint density at radius 1 is 0.744 bits per heavy atom. The quantitative estimate of drug-likeness (QED) is 0.234. The Morgan fingerprint density at radius 3 is 1.97 bits per heavy atom. The lowest BCUT2D eigenvalue weighted by molar-refractivity contribution is 0.0955. The molecule has 3 aromatic carbocycles. The van der Waals surface area contributed by atoms with E-state index in [1.165, 1.54) is 6.42 Å². The summed E-state index contributed by atoms with van der Waals surface area (Å²) in [5, 5.41) is 31.4. The van der Waals surface area contributed by atoms with Crippen molar-refractivity contribution in [2.75, 3.05) is 19.8 Å². The second kappa shape index (κ2) is 15.1. The van der Waals surface area contributed by atoms with Crippen LogP contribution < -0.4 is 10.1 Å². The Kier molecular flexibility index (Phi) is 11.1. The minimum Gasteiger partial charge on any atom is -0.490 e. The number of aliphatic hydroxyl groups is 3. The largest absolute Gasteiger partial charge is 0.490 e. The van der Waals surface area contributed by atoms with Gasteiger partial charge in [0.05, 0.1) is 25.0 Å². The van der Waals surface area contributed by atoms with Gasteiger partial charge in [0.2, 0.25) is 0 Å². The first-order valence-corrected chi connectivity index (χ1v) is 13.5. The molecule has 39 heavy (non-hydrogen) atoms. The maximum absolute atomic E-state index is 10.5. The minimum absolute atomic E-state index is 0.172. The van der Waals surface area contributed by atoms with E-state index in [2.05, 4.69) is 40.6 Å². The molecule has 0 spiro atoms. The lowest BCUT2D eigenvalue weighted by Crippen LogP contribution is -2.46. The average molecular weight is 527 g/mol. The Bertz CT molecular complexity index is 1250. The number of hydrogen-bond acceptors (Lipinski definition) is 6. The Hall–Kier alpha value is -3.55. The van der Waals surface area contributed by atoms with Gasteiger partial charge in [0.15, 0.2) is 0 Å². The molecule has 1 aromatic heterocycles. The van der Waals surface area contributed by atoms with Crippen LogP contribution in [0, 0.1) is 0 Å². The maximum atomic E-state index is 10.5. The van der Waals surface area contributed by atoms with Gasteiger partial charge in [-0.2, -0.15) is 0 Å². The van der Waals surface area contributed by atoms with Crippen LogP contribution in [0.5, 0.6) is 5.75 Å². The average Bonchev–Trinajstić information content (AvgIpc) is 2.94. The number of nitrogens with zero attached hydrogens (tertiary/aromatic N) is 1. The second-order valence-corrected chi connectivity index (χ2v) is 9.93. The zero-order valence-corrected chi connectivity index (χ0v) is 22.2. The van der Waals surface area contributed by atoms with Gasteiger partial charge < -0.3 is 25.4 Å². The van der Waals surface area contributed by atoms with Crippen LogP contribution >= 0.6 is 0 Å². The van der Waals surface area contributed by atoms with Crippen molar-refractivity contribution in [2.45, 2.75) is 43.9 Å². The lowest BCUT2D eigenvalue weighted by atomic mass is 9.98. The molecule has 6 nitrogen and oxygen atoms in total. The summed E-state index contributed by atoms with van der Waals surface area (Å²) in [6.45, 7) is 1.58. The molecule has 1 aliphatic heterocycles. The first-order valence-electron chi connectivity index (χ1n) is 13.5. The molecule has 1 aliphatic rings. The van der Waals surface area contributed by atoms with Crippen LogP contribution in [0.3, 0.4) is 0 Å². The van der Waals surface area contributed by atoms with Crippen molar-refractivity contribution in [3.05, 3.63) is 120 Å². The molecular weight excluding hydrogens is 488 g/mol. The molecule has 0 aliphatic carbocycles. The highest BCUT2D eigenvalue weighted by atomic mass is 16.5. The van der Waals surface area contributed by atoms with E-state index in [9.17, 15) is 5.11 Å². The summed E-state index contributed by atoms with van der Waals surface area (Å²) in [5.74, 6) is 0.792. The van der Waals surface area contributed by atoms with Crippen molar-refractivity contribution in [1.29, 1.82) is 0 Å². The van der Waals surface area contributed by atoms with Gasteiger partial charge >= 0.3 is 0 Å². The van der Waals surface area contributed by atoms with Crippen molar-refractivity contribution in [3.63, 3.8) is 0 Å². The van der Waals surface area contributed by atoms with Gasteiger partial charge in [-0.25, -0.2) is 0 Å². The third-order valence-corrected chi connectivity index (χ3v) is 6.66. The fourth-order valence-corrected chi connectivity index (χ4v) is 4.40. The predicted molar refractivity (Wildman–Crippen MR) is 155 cm³/mol. The number of nitrogens with one attached hydrogen (secondary N) is 1. The highest BCUT2D eigenvalue weighted by Gasteiger charge is 2.17. The number of ether oxygens (including phenoxy) is 1. The molecule has 0 bridgehead atoms. The van der Waals surface area contributed by atoms with Crippen LogP contribution in [0.25, 0.3) is 11.1 Å². The summed E-state index contributed by atoms with van der Waals surface area (Å²) in [7, 11) is 0. The zero-order chi connectivity index (χ0) is 27.3. The van der Waals surface area contributed by atoms with Crippen molar-refractivity contribution in [2.24, 2.45) is 0 Å². The van der Waals surface area contributed by atoms with Gasteiger partial charge in [-0.15, -0.1) is 0 Å². The lowest BCUT2D eigenvalue weighted by Gasteiger charge is -2.27. The molecule has 3 atom stereocenters. The van der Waals surface area contributed by atoms with Gasteiger partial charge in [-0.05, 0) is 54.1 Å². The van der Waals surface area contributed by atoms with Crippen LogP contribution in [-0.4, -0.2) is 58.3 Å². The summed E-state index contributed by atoms with van der Waals surface area (Å²) in [4.78, 5) is 4.33. The molecule has 5 rings (SSSR count). The smallest absolute Gasteiger partial charge is 0.138 e. The van der Waals surface area contributed by atoms with Crippen molar-refractivity contribution >= 4 is 0 Å². The Labute approximate surface area is 231 Å². The number of pyridine rings is 1. The zero-order valence-electron chi connectivity index (χ0n) is 22.2. The highest BCUT2D eigenvalue weighted by Crippen LogP contribution is 2.24. The molecular formula is C33H38N2O4. The minimum atomic E-state index is -0.627. The van der Waals surface area contributed by atoms with Crippen LogP contribution in [0.2, 0.25) is 0 Å². The molecule has 6 heteroatoms. The molecule has 204 valence electrons. The third kappa shape index (κ3) is 9.61. The highest BCUT2D eigenvalue weighted by molar-refractivity contribution is 5.64. The molecule has 0 radical (unpaired) electrons. The second-order valence-electron chi connectivity index (χ2n) is 9.93. The third-order valence-electron chi connectivity index (χ3n) is 6.66. The number of aliphatic hydroxyl groups excluding tert-OH is 3. The fraction of sp³-hybridized carbons (Fsp3) is 0.303. The van der Waals surface area contributed by atoms with E-state index >= 15 is 0 Å². The topological polar surface area (TPSA) is 94.8 Å². The summed E-state index contributed by atoms with van der Waals surface area (Å²) >= 11 is 0. The van der Waals surface area contributed by atoms with Crippen LogP contribution in [0.1, 0.15) is 23.1 Å². The van der Waals surface area contributed by atoms with Gasteiger partial charge in [-0.1, -0.05) is 84.9 Å². The number of hydrogen-bond donors (Lipinski definition) is 4. The van der Waals surface area contributed by atoms with E-state index in [0.29, 0.717) is 31.9 Å². The predicted octanol–water partition coefficient (Wildman–Crippen LogP) is 4.22. The fourth-order valence-electron chi connectivity index (χ4n) is 4.40. The van der Waals surface area contributed by atoms with E-state index in [0.717, 1.165) is 40.1 Å². The Morgan fingerprint density at radius 2 is 1.36 bits per heavy atom. The summed E-state index contributed by atoms with van der Waals surface area (Å²) in [6, 6.07) is 30.5. The number of aromatic nitrogens is 1. The van der Waals surface area contributed by atoms with Gasteiger partial charge in [-0.3, -0.25) is 4.98 Å². The van der Waals surface area contributed by atoms with Crippen LogP contribution in [0.4, 0.5) is 0 Å². The Balaban J connectivity index is 0.000000270. The normalized spacial score (nSPS) is 15.8. The maximum Gasteiger partial charge on any atom is 0.138 e. The number of benzene rings is 3. The van der Waals surface area contributed by atoms with Crippen LogP contribution in [-0.2, 0) is 19.3 Å². The van der Waals surface area contributed by atoms with E-state index < -0.39 is 12.2 Å².